The van der Waals surface area contributed by atoms with Crippen LogP contribution >= 0.6 is 0 Å². The third kappa shape index (κ3) is 4.23. The lowest BCUT2D eigenvalue weighted by atomic mass is 9.75. The molecule has 3 nitrogen and oxygen atoms in total. The normalized spacial score (nSPS) is 21.0. The zero-order valence-corrected chi connectivity index (χ0v) is 12.4. The number of rotatable bonds is 7. The van der Waals surface area contributed by atoms with Crippen LogP contribution in [-0.4, -0.2) is 55.6 Å². The van der Waals surface area contributed by atoms with Gasteiger partial charge < -0.3 is 15.5 Å². The zero-order chi connectivity index (χ0) is 13.1. The van der Waals surface area contributed by atoms with Crippen LogP contribution in [0, 0.1) is 5.92 Å². The molecule has 0 spiro atoms. The number of hydrogen-bond acceptors (Lipinski definition) is 3. The first kappa shape index (κ1) is 14.9. The van der Waals surface area contributed by atoms with Gasteiger partial charge in [-0.25, -0.2) is 0 Å². The Labute approximate surface area is 107 Å². The SMILES string of the molecule is CC(C)CC(N)CN(C)CC1(N(C)C)CCC1. The molecule has 0 bridgehead atoms. The first-order valence-electron chi connectivity index (χ1n) is 6.97. The summed E-state index contributed by atoms with van der Waals surface area (Å²) in [6.07, 6.45) is 5.18. The fourth-order valence-corrected chi connectivity index (χ4v) is 2.98. The molecular formula is C14H31N3. The van der Waals surface area contributed by atoms with Crippen molar-refractivity contribution in [1.29, 1.82) is 0 Å². The highest BCUT2D eigenvalue weighted by molar-refractivity contribution is 4.98. The Bertz CT molecular complexity index is 222. The van der Waals surface area contributed by atoms with Gasteiger partial charge in [-0.05, 0) is 52.7 Å². The Hall–Kier alpha value is -0.120. The summed E-state index contributed by atoms with van der Waals surface area (Å²) in [4.78, 5) is 4.83. The molecule has 0 heterocycles. The third-order valence-corrected chi connectivity index (χ3v) is 4.12. The molecule has 0 aliphatic heterocycles. The van der Waals surface area contributed by atoms with Crippen molar-refractivity contribution in [3.8, 4) is 0 Å². The zero-order valence-electron chi connectivity index (χ0n) is 12.4. The molecule has 0 radical (unpaired) electrons. The summed E-state index contributed by atoms with van der Waals surface area (Å²) in [5, 5.41) is 0. The molecule has 1 saturated carbocycles. The monoisotopic (exact) mass is 241 g/mol. The second-order valence-corrected chi connectivity index (χ2v) is 6.56. The van der Waals surface area contributed by atoms with E-state index in [1.807, 2.05) is 0 Å². The van der Waals surface area contributed by atoms with Crippen LogP contribution in [-0.2, 0) is 0 Å². The van der Waals surface area contributed by atoms with Crippen LogP contribution in [0.5, 0.6) is 0 Å². The van der Waals surface area contributed by atoms with Crippen LogP contribution in [0.25, 0.3) is 0 Å². The number of hydrogen-bond donors (Lipinski definition) is 1. The van der Waals surface area contributed by atoms with Crippen molar-refractivity contribution >= 4 is 0 Å². The lowest BCUT2D eigenvalue weighted by Gasteiger charge is -2.49. The number of nitrogens with two attached hydrogens (primary N) is 1. The molecule has 3 heteroatoms. The summed E-state index contributed by atoms with van der Waals surface area (Å²) in [5.74, 6) is 0.699. The molecule has 0 aromatic carbocycles. The van der Waals surface area contributed by atoms with Crippen molar-refractivity contribution in [2.45, 2.75) is 51.1 Å². The molecule has 0 saturated heterocycles. The second-order valence-electron chi connectivity index (χ2n) is 6.56. The topological polar surface area (TPSA) is 32.5 Å². The maximum absolute atomic E-state index is 6.17. The van der Waals surface area contributed by atoms with Crippen molar-refractivity contribution in [2.75, 3.05) is 34.2 Å². The molecule has 1 rings (SSSR count). The lowest BCUT2D eigenvalue weighted by molar-refractivity contribution is 0.0261. The van der Waals surface area contributed by atoms with Gasteiger partial charge in [-0.1, -0.05) is 13.8 Å². The van der Waals surface area contributed by atoms with Crippen LogP contribution in [0.2, 0.25) is 0 Å². The van der Waals surface area contributed by atoms with Gasteiger partial charge in [0.1, 0.15) is 0 Å². The molecule has 1 aliphatic rings. The van der Waals surface area contributed by atoms with Gasteiger partial charge in [0.05, 0.1) is 0 Å². The molecule has 1 atom stereocenters. The highest BCUT2D eigenvalue weighted by Crippen LogP contribution is 2.36. The largest absolute Gasteiger partial charge is 0.327 e. The van der Waals surface area contributed by atoms with Crippen LogP contribution in [0.3, 0.4) is 0 Å². The van der Waals surface area contributed by atoms with Gasteiger partial charge in [-0.2, -0.15) is 0 Å². The molecule has 1 aliphatic carbocycles. The molecule has 0 aromatic rings. The molecule has 0 aromatic heterocycles. The Morgan fingerprint density at radius 3 is 2.12 bits per heavy atom. The van der Waals surface area contributed by atoms with E-state index in [4.69, 9.17) is 5.73 Å². The van der Waals surface area contributed by atoms with Crippen molar-refractivity contribution in [2.24, 2.45) is 11.7 Å². The maximum atomic E-state index is 6.17. The summed E-state index contributed by atoms with van der Waals surface area (Å²) < 4.78 is 0. The highest BCUT2D eigenvalue weighted by Gasteiger charge is 2.39. The fourth-order valence-electron chi connectivity index (χ4n) is 2.98. The lowest BCUT2D eigenvalue weighted by Crippen LogP contribution is -2.57. The van der Waals surface area contributed by atoms with Crippen LogP contribution in [0.15, 0.2) is 0 Å². The Morgan fingerprint density at radius 2 is 1.76 bits per heavy atom. The van der Waals surface area contributed by atoms with E-state index in [0.29, 0.717) is 17.5 Å². The van der Waals surface area contributed by atoms with E-state index >= 15 is 0 Å². The van der Waals surface area contributed by atoms with Crippen LogP contribution < -0.4 is 5.73 Å². The van der Waals surface area contributed by atoms with Crippen molar-refractivity contribution < 1.29 is 0 Å². The van der Waals surface area contributed by atoms with Crippen molar-refractivity contribution in [1.82, 2.24) is 9.80 Å². The molecule has 0 amide bonds. The van der Waals surface area contributed by atoms with E-state index in [1.54, 1.807) is 0 Å². The van der Waals surface area contributed by atoms with Gasteiger partial charge >= 0.3 is 0 Å². The maximum Gasteiger partial charge on any atom is 0.0330 e. The molecule has 1 fully saturated rings. The van der Waals surface area contributed by atoms with Gasteiger partial charge in [0, 0.05) is 24.7 Å². The van der Waals surface area contributed by atoms with Gasteiger partial charge in [0.2, 0.25) is 0 Å². The van der Waals surface area contributed by atoms with Crippen LogP contribution in [0.1, 0.15) is 39.5 Å². The average molecular weight is 241 g/mol. The number of likely N-dealkylation sites (N-methyl/N-ethyl adjacent to an activating group) is 2. The van der Waals surface area contributed by atoms with E-state index in [9.17, 15) is 0 Å². The van der Waals surface area contributed by atoms with Crippen molar-refractivity contribution in [3.05, 3.63) is 0 Å². The van der Waals surface area contributed by atoms with E-state index in [1.165, 1.54) is 19.3 Å². The van der Waals surface area contributed by atoms with E-state index in [2.05, 4.69) is 44.8 Å². The Kier molecular flexibility index (Phi) is 5.42. The van der Waals surface area contributed by atoms with Gasteiger partial charge in [-0.3, -0.25) is 0 Å². The minimum atomic E-state index is 0.319. The Morgan fingerprint density at radius 1 is 1.18 bits per heavy atom. The van der Waals surface area contributed by atoms with Gasteiger partial charge in [-0.15, -0.1) is 0 Å². The summed E-state index contributed by atoms with van der Waals surface area (Å²) in [5.41, 5.74) is 6.60. The highest BCUT2D eigenvalue weighted by atomic mass is 15.2. The van der Waals surface area contributed by atoms with Crippen LogP contribution in [0.4, 0.5) is 0 Å². The molecule has 102 valence electrons. The minimum Gasteiger partial charge on any atom is -0.327 e. The van der Waals surface area contributed by atoms with E-state index in [0.717, 1.165) is 19.5 Å². The smallest absolute Gasteiger partial charge is 0.0330 e. The first-order valence-corrected chi connectivity index (χ1v) is 6.97. The average Bonchev–Trinajstić information content (AvgIpc) is 2.08. The van der Waals surface area contributed by atoms with Crippen molar-refractivity contribution in [3.63, 3.8) is 0 Å². The van der Waals surface area contributed by atoms with E-state index in [-0.39, 0.29) is 0 Å². The minimum absolute atomic E-state index is 0.319. The predicted octanol–water partition coefficient (Wildman–Crippen LogP) is 1.78. The fraction of sp³-hybridized carbons (Fsp3) is 1.00. The molecule has 17 heavy (non-hydrogen) atoms. The second kappa shape index (κ2) is 6.17. The van der Waals surface area contributed by atoms with Gasteiger partial charge in [0.15, 0.2) is 0 Å². The summed E-state index contributed by atoms with van der Waals surface area (Å²) in [6.45, 7) is 6.67. The predicted molar refractivity (Wildman–Crippen MR) is 75.2 cm³/mol. The first-order chi connectivity index (χ1) is 7.85. The summed E-state index contributed by atoms with van der Waals surface area (Å²) >= 11 is 0. The van der Waals surface area contributed by atoms with E-state index < -0.39 is 0 Å². The standard InChI is InChI=1S/C14H31N3/c1-12(2)9-13(15)10-17(5)11-14(16(3)4)7-6-8-14/h12-13H,6-11,15H2,1-5H3. The van der Waals surface area contributed by atoms with Gasteiger partial charge in [0.25, 0.3) is 0 Å². The summed E-state index contributed by atoms with van der Waals surface area (Å²) in [6, 6.07) is 0.319. The Balaban J connectivity index is 2.35. The third-order valence-electron chi connectivity index (χ3n) is 4.12. The quantitative estimate of drug-likeness (QED) is 0.737. The molecular weight excluding hydrogens is 210 g/mol. The molecule has 2 N–H and O–H groups in total. The summed E-state index contributed by atoms with van der Waals surface area (Å²) in [7, 11) is 6.63. The molecule has 1 unspecified atom stereocenters. The number of nitrogens with zero attached hydrogens (tertiary/aromatic N) is 2.